The number of nitrogens with one attached hydrogen (secondary N) is 1. The van der Waals surface area contributed by atoms with Crippen LogP contribution in [0.5, 0.6) is 0 Å². The van der Waals surface area contributed by atoms with Crippen LogP contribution >= 0.6 is 11.8 Å². The zero-order chi connectivity index (χ0) is 15.3. The van der Waals surface area contributed by atoms with Crippen LogP contribution in [0.25, 0.3) is 0 Å². The standard InChI is InChI=1S/C18H27NOS/c1-18(2,3)14-9-11-16(12-10-14)21-13-17(20)19-15-7-5-4-6-8-15/h9-12,15H,4-8,13H2,1-3H3,(H,19,20). The molecule has 2 rings (SSSR count). The summed E-state index contributed by atoms with van der Waals surface area (Å²) in [6, 6.07) is 9.00. The first-order chi connectivity index (χ1) is 9.95. The molecule has 1 fully saturated rings. The van der Waals surface area contributed by atoms with Crippen molar-refractivity contribution in [3.05, 3.63) is 29.8 Å². The lowest BCUT2D eigenvalue weighted by Crippen LogP contribution is -2.37. The lowest BCUT2D eigenvalue weighted by molar-refractivity contribution is -0.119. The van der Waals surface area contributed by atoms with Crippen molar-refractivity contribution >= 4 is 17.7 Å². The van der Waals surface area contributed by atoms with Crippen molar-refractivity contribution in [2.45, 2.75) is 69.2 Å². The van der Waals surface area contributed by atoms with Crippen LogP contribution in [0, 0.1) is 0 Å². The van der Waals surface area contributed by atoms with E-state index in [1.54, 1.807) is 11.8 Å². The summed E-state index contributed by atoms with van der Waals surface area (Å²) >= 11 is 1.62. The van der Waals surface area contributed by atoms with E-state index >= 15 is 0 Å². The Labute approximate surface area is 133 Å². The van der Waals surface area contributed by atoms with Gasteiger partial charge in [-0.2, -0.15) is 0 Å². The number of rotatable bonds is 4. The minimum Gasteiger partial charge on any atom is -0.353 e. The first-order valence-corrected chi connectivity index (χ1v) is 8.96. The molecule has 0 bridgehead atoms. The first kappa shape index (κ1) is 16.4. The number of carbonyl (C=O) groups is 1. The predicted molar refractivity (Wildman–Crippen MR) is 90.9 cm³/mol. The molecule has 0 unspecified atom stereocenters. The molecule has 2 nitrogen and oxygen atoms in total. The fourth-order valence-corrected chi connectivity index (χ4v) is 3.43. The van der Waals surface area contributed by atoms with Gasteiger partial charge in [-0.05, 0) is 36.0 Å². The van der Waals surface area contributed by atoms with Crippen molar-refractivity contribution in [1.82, 2.24) is 5.32 Å². The Kier molecular flexibility index (Phi) is 5.74. The molecule has 0 saturated heterocycles. The SMILES string of the molecule is CC(C)(C)c1ccc(SCC(=O)NC2CCCCC2)cc1. The topological polar surface area (TPSA) is 29.1 Å². The van der Waals surface area contributed by atoms with Crippen LogP contribution < -0.4 is 5.32 Å². The molecule has 0 radical (unpaired) electrons. The van der Waals surface area contributed by atoms with Crippen LogP contribution in [-0.4, -0.2) is 17.7 Å². The summed E-state index contributed by atoms with van der Waals surface area (Å²) in [7, 11) is 0. The highest BCUT2D eigenvalue weighted by Crippen LogP contribution is 2.25. The number of hydrogen-bond acceptors (Lipinski definition) is 2. The Balaban J connectivity index is 1.78. The van der Waals surface area contributed by atoms with Gasteiger partial charge < -0.3 is 5.32 Å². The maximum Gasteiger partial charge on any atom is 0.230 e. The number of benzene rings is 1. The molecule has 1 N–H and O–H groups in total. The van der Waals surface area contributed by atoms with Gasteiger partial charge in [0.1, 0.15) is 0 Å². The van der Waals surface area contributed by atoms with Crippen LogP contribution in [0.3, 0.4) is 0 Å². The molecule has 0 aliphatic heterocycles. The van der Waals surface area contributed by atoms with E-state index < -0.39 is 0 Å². The van der Waals surface area contributed by atoms with Crippen LogP contribution in [0.4, 0.5) is 0 Å². The van der Waals surface area contributed by atoms with Crippen LogP contribution in [0.2, 0.25) is 0 Å². The van der Waals surface area contributed by atoms with E-state index in [0.717, 1.165) is 12.8 Å². The van der Waals surface area contributed by atoms with Crippen LogP contribution in [-0.2, 0) is 10.2 Å². The van der Waals surface area contributed by atoms with Crippen LogP contribution in [0.1, 0.15) is 58.4 Å². The Morgan fingerprint density at radius 2 is 1.76 bits per heavy atom. The molecule has 0 atom stereocenters. The summed E-state index contributed by atoms with van der Waals surface area (Å²) in [5.74, 6) is 0.692. The molecule has 1 aromatic rings. The highest BCUT2D eigenvalue weighted by atomic mass is 32.2. The largest absolute Gasteiger partial charge is 0.353 e. The molecule has 1 aliphatic rings. The quantitative estimate of drug-likeness (QED) is 0.828. The van der Waals surface area contributed by atoms with Crippen molar-refractivity contribution in [3.8, 4) is 0 Å². The second kappa shape index (κ2) is 7.35. The third-order valence-corrected chi connectivity index (χ3v) is 5.07. The summed E-state index contributed by atoms with van der Waals surface area (Å²) in [5, 5.41) is 3.16. The third kappa shape index (κ3) is 5.39. The molecule has 0 heterocycles. The van der Waals surface area contributed by atoms with E-state index in [0.29, 0.717) is 11.8 Å². The van der Waals surface area contributed by atoms with Crippen molar-refractivity contribution in [2.24, 2.45) is 0 Å². The maximum atomic E-state index is 12.0. The number of carbonyl (C=O) groups excluding carboxylic acids is 1. The fourth-order valence-electron chi connectivity index (χ4n) is 2.72. The monoisotopic (exact) mass is 305 g/mol. The predicted octanol–water partition coefficient (Wildman–Crippen LogP) is 4.53. The average molecular weight is 305 g/mol. The Bertz CT molecular complexity index is 455. The van der Waals surface area contributed by atoms with Gasteiger partial charge in [-0.25, -0.2) is 0 Å². The van der Waals surface area contributed by atoms with Gasteiger partial charge in [0, 0.05) is 10.9 Å². The van der Waals surface area contributed by atoms with E-state index in [2.05, 4.69) is 50.4 Å². The minimum absolute atomic E-state index is 0.173. The van der Waals surface area contributed by atoms with E-state index in [4.69, 9.17) is 0 Å². The summed E-state index contributed by atoms with van der Waals surface area (Å²) in [4.78, 5) is 13.1. The van der Waals surface area contributed by atoms with Crippen molar-refractivity contribution in [1.29, 1.82) is 0 Å². The Hall–Kier alpha value is -0.960. The fraction of sp³-hybridized carbons (Fsp3) is 0.611. The second-order valence-electron chi connectivity index (χ2n) is 6.97. The normalized spacial score (nSPS) is 16.7. The number of amides is 1. The molecule has 0 spiro atoms. The smallest absolute Gasteiger partial charge is 0.230 e. The number of hydrogen-bond donors (Lipinski definition) is 1. The molecule has 1 amide bonds. The van der Waals surface area contributed by atoms with E-state index in [9.17, 15) is 4.79 Å². The number of thioether (sulfide) groups is 1. The van der Waals surface area contributed by atoms with Gasteiger partial charge in [-0.15, -0.1) is 11.8 Å². The van der Waals surface area contributed by atoms with E-state index in [1.165, 1.54) is 29.7 Å². The van der Waals surface area contributed by atoms with Crippen LogP contribution in [0.15, 0.2) is 29.2 Å². The molecule has 1 aromatic carbocycles. The zero-order valence-electron chi connectivity index (χ0n) is 13.4. The molecule has 116 valence electrons. The van der Waals surface area contributed by atoms with Crippen molar-refractivity contribution in [3.63, 3.8) is 0 Å². The third-order valence-electron chi connectivity index (χ3n) is 4.06. The lowest BCUT2D eigenvalue weighted by atomic mass is 9.87. The minimum atomic E-state index is 0.173. The van der Waals surface area contributed by atoms with Gasteiger partial charge in [-0.1, -0.05) is 52.2 Å². The van der Waals surface area contributed by atoms with Crippen molar-refractivity contribution < 1.29 is 4.79 Å². The second-order valence-corrected chi connectivity index (χ2v) is 8.01. The maximum absolute atomic E-state index is 12.0. The summed E-state index contributed by atoms with van der Waals surface area (Å²) in [6.45, 7) is 6.65. The zero-order valence-corrected chi connectivity index (χ0v) is 14.3. The molecule has 0 aromatic heterocycles. The molecule has 1 aliphatic carbocycles. The molecule has 21 heavy (non-hydrogen) atoms. The van der Waals surface area contributed by atoms with E-state index in [-0.39, 0.29) is 11.3 Å². The van der Waals surface area contributed by atoms with Crippen molar-refractivity contribution in [2.75, 3.05) is 5.75 Å². The Morgan fingerprint density at radius 1 is 1.14 bits per heavy atom. The van der Waals surface area contributed by atoms with Gasteiger partial charge in [0.25, 0.3) is 0 Å². The molecular formula is C18H27NOS. The summed E-state index contributed by atoms with van der Waals surface area (Å²) in [6.07, 6.45) is 6.13. The van der Waals surface area contributed by atoms with Gasteiger partial charge in [0.15, 0.2) is 0 Å². The molecule has 1 saturated carbocycles. The van der Waals surface area contributed by atoms with E-state index in [1.807, 2.05) is 0 Å². The average Bonchev–Trinajstić information content (AvgIpc) is 2.46. The first-order valence-electron chi connectivity index (χ1n) is 7.98. The van der Waals surface area contributed by atoms with Gasteiger partial charge in [0.05, 0.1) is 5.75 Å². The van der Waals surface area contributed by atoms with Gasteiger partial charge in [0.2, 0.25) is 5.91 Å². The van der Waals surface area contributed by atoms with Gasteiger partial charge >= 0.3 is 0 Å². The highest BCUT2D eigenvalue weighted by Gasteiger charge is 2.16. The van der Waals surface area contributed by atoms with Gasteiger partial charge in [-0.3, -0.25) is 4.79 Å². The Morgan fingerprint density at radius 3 is 2.33 bits per heavy atom. The lowest BCUT2D eigenvalue weighted by Gasteiger charge is -2.22. The highest BCUT2D eigenvalue weighted by molar-refractivity contribution is 8.00. The summed E-state index contributed by atoms with van der Waals surface area (Å²) < 4.78 is 0. The molecular weight excluding hydrogens is 278 g/mol. The summed E-state index contributed by atoms with van der Waals surface area (Å²) in [5.41, 5.74) is 1.51. The molecule has 3 heteroatoms.